The van der Waals surface area contributed by atoms with Crippen LogP contribution in [0.25, 0.3) is 10.9 Å². The van der Waals surface area contributed by atoms with Crippen molar-refractivity contribution in [2.24, 2.45) is 0 Å². The molecule has 0 unspecified atom stereocenters. The highest BCUT2D eigenvalue weighted by Crippen LogP contribution is 2.27. The van der Waals surface area contributed by atoms with Crippen LogP contribution in [0.5, 0.6) is 0 Å². The van der Waals surface area contributed by atoms with Gasteiger partial charge >= 0.3 is 5.97 Å². The van der Waals surface area contributed by atoms with Gasteiger partial charge in [-0.3, -0.25) is 9.36 Å². The standard InChI is InChI=1S/C25H28N2O3/c1-15-11-18(25(3,4)5)12-16(2)20(15)14-30-24(29)17-8-9-19-21(13-17)26-22-7-6-10-27(22)23(19)28/h8-9,11-13H,6-7,10,14H2,1-5H3. The van der Waals surface area contributed by atoms with Crippen LogP contribution < -0.4 is 5.56 Å². The predicted octanol–water partition coefficient (Wildman–Crippen LogP) is 4.61. The molecule has 5 nitrogen and oxygen atoms in total. The third kappa shape index (κ3) is 3.64. The Balaban J connectivity index is 1.57. The van der Waals surface area contributed by atoms with E-state index in [1.165, 1.54) is 5.56 Å². The average Bonchev–Trinajstić information content (AvgIpc) is 3.14. The van der Waals surface area contributed by atoms with Crippen LogP contribution in [0.15, 0.2) is 35.1 Å². The molecule has 0 bridgehead atoms. The molecular weight excluding hydrogens is 376 g/mol. The second kappa shape index (κ2) is 7.38. The van der Waals surface area contributed by atoms with E-state index >= 15 is 0 Å². The summed E-state index contributed by atoms with van der Waals surface area (Å²) < 4.78 is 7.35. The molecule has 0 saturated carbocycles. The van der Waals surface area contributed by atoms with Crippen molar-refractivity contribution in [1.29, 1.82) is 0 Å². The Morgan fingerprint density at radius 3 is 2.50 bits per heavy atom. The summed E-state index contributed by atoms with van der Waals surface area (Å²) in [6.45, 7) is 11.6. The second-order valence-corrected chi connectivity index (χ2v) is 9.24. The van der Waals surface area contributed by atoms with Crippen molar-refractivity contribution in [3.05, 3.63) is 74.3 Å². The molecule has 4 rings (SSSR count). The molecule has 0 saturated heterocycles. The van der Waals surface area contributed by atoms with Crippen LogP contribution >= 0.6 is 0 Å². The minimum atomic E-state index is -0.405. The highest BCUT2D eigenvalue weighted by atomic mass is 16.5. The van der Waals surface area contributed by atoms with Crippen molar-refractivity contribution in [3.8, 4) is 0 Å². The minimum absolute atomic E-state index is 0.0300. The fourth-order valence-electron chi connectivity index (χ4n) is 4.09. The summed E-state index contributed by atoms with van der Waals surface area (Å²) in [6, 6.07) is 9.34. The van der Waals surface area contributed by atoms with E-state index in [0.717, 1.165) is 35.4 Å². The Bertz CT molecular complexity index is 1190. The maximum atomic E-state index is 12.7. The first-order valence-corrected chi connectivity index (χ1v) is 10.5. The summed E-state index contributed by atoms with van der Waals surface area (Å²) >= 11 is 0. The zero-order valence-electron chi connectivity index (χ0n) is 18.3. The molecule has 0 N–H and O–H groups in total. The predicted molar refractivity (Wildman–Crippen MR) is 118 cm³/mol. The van der Waals surface area contributed by atoms with Gasteiger partial charge in [0.1, 0.15) is 12.4 Å². The van der Waals surface area contributed by atoms with E-state index in [2.05, 4.69) is 51.7 Å². The fourth-order valence-corrected chi connectivity index (χ4v) is 4.09. The van der Waals surface area contributed by atoms with E-state index in [-0.39, 0.29) is 17.6 Å². The number of benzene rings is 2. The number of esters is 1. The molecule has 0 spiro atoms. The van der Waals surface area contributed by atoms with Crippen LogP contribution in [0.3, 0.4) is 0 Å². The molecule has 3 aromatic rings. The normalized spacial score (nSPS) is 13.5. The zero-order valence-corrected chi connectivity index (χ0v) is 18.3. The van der Waals surface area contributed by atoms with E-state index in [0.29, 0.717) is 23.0 Å². The van der Waals surface area contributed by atoms with Gasteiger partial charge in [0.2, 0.25) is 0 Å². The van der Waals surface area contributed by atoms with Crippen LogP contribution in [-0.4, -0.2) is 15.5 Å². The van der Waals surface area contributed by atoms with Gasteiger partial charge in [-0.15, -0.1) is 0 Å². The number of fused-ring (bicyclic) bond motifs is 2. The molecule has 0 aliphatic carbocycles. The maximum absolute atomic E-state index is 12.7. The van der Waals surface area contributed by atoms with Crippen molar-refractivity contribution >= 4 is 16.9 Å². The van der Waals surface area contributed by atoms with Gasteiger partial charge in [0.25, 0.3) is 5.56 Å². The average molecular weight is 405 g/mol. The van der Waals surface area contributed by atoms with Gasteiger partial charge in [-0.1, -0.05) is 32.9 Å². The molecule has 2 heterocycles. The Kier molecular flexibility index (Phi) is 5.00. The van der Waals surface area contributed by atoms with Crippen LogP contribution in [0.2, 0.25) is 0 Å². The first-order valence-electron chi connectivity index (χ1n) is 10.5. The Labute approximate surface area is 176 Å². The first-order chi connectivity index (χ1) is 14.1. The molecule has 1 aliphatic rings. The minimum Gasteiger partial charge on any atom is -0.457 e. The van der Waals surface area contributed by atoms with Crippen LogP contribution in [0.1, 0.15) is 65.6 Å². The highest BCUT2D eigenvalue weighted by molar-refractivity contribution is 5.94. The molecular formula is C25H28N2O3. The molecule has 156 valence electrons. The molecule has 5 heteroatoms. The number of carbonyl (C=O) groups is 1. The number of carbonyl (C=O) groups excluding carboxylic acids is 1. The number of ether oxygens (including phenoxy) is 1. The SMILES string of the molecule is Cc1cc(C(C)(C)C)cc(C)c1COC(=O)c1ccc2c(=O)n3c(nc2c1)CCC3. The van der Waals surface area contributed by atoms with Crippen LogP contribution in [0, 0.1) is 13.8 Å². The molecule has 2 aromatic carbocycles. The zero-order chi connectivity index (χ0) is 21.6. The van der Waals surface area contributed by atoms with Crippen molar-refractivity contribution in [1.82, 2.24) is 9.55 Å². The Morgan fingerprint density at radius 1 is 1.13 bits per heavy atom. The monoisotopic (exact) mass is 404 g/mol. The second-order valence-electron chi connectivity index (χ2n) is 9.24. The molecule has 1 aromatic heterocycles. The van der Waals surface area contributed by atoms with Crippen molar-refractivity contribution in [2.75, 3.05) is 0 Å². The number of rotatable bonds is 3. The molecule has 0 atom stereocenters. The van der Waals surface area contributed by atoms with Crippen molar-refractivity contribution < 1.29 is 9.53 Å². The van der Waals surface area contributed by atoms with E-state index in [9.17, 15) is 9.59 Å². The molecule has 0 fully saturated rings. The number of nitrogens with zero attached hydrogens (tertiary/aromatic N) is 2. The quantitative estimate of drug-likeness (QED) is 0.598. The van der Waals surface area contributed by atoms with Gasteiger partial charge in [0, 0.05) is 13.0 Å². The summed E-state index contributed by atoms with van der Waals surface area (Å²) in [7, 11) is 0. The van der Waals surface area contributed by atoms with Crippen molar-refractivity contribution in [3.63, 3.8) is 0 Å². The Hall–Kier alpha value is -2.95. The van der Waals surface area contributed by atoms with Gasteiger partial charge in [0.05, 0.1) is 16.5 Å². The lowest BCUT2D eigenvalue weighted by molar-refractivity contribution is 0.0471. The summed E-state index contributed by atoms with van der Waals surface area (Å²) in [5.41, 5.74) is 5.56. The van der Waals surface area contributed by atoms with Gasteiger partial charge in [-0.25, -0.2) is 9.78 Å². The van der Waals surface area contributed by atoms with Gasteiger partial charge < -0.3 is 4.74 Å². The summed E-state index contributed by atoms with van der Waals surface area (Å²) in [6.07, 6.45) is 1.73. The van der Waals surface area contributed by atoms with Crippen LogP contribution in [-0.2, 0) is 29.7 Å². The smallest absolute Gasteiger partial charge is 0.338 e. The van der Waals surface area contributed by atoms with Gasteiger partial charge in [-0.2, -0.15) is 0 Å². The first kappa shape index (κ1) is 20.3. The molecule has 0 radical (unpaired) electrons. The molecule has 30 heavy (non-hydrogen) atoms. The van der Waals surface area contributed by atoms with Crippen LogP contribution in [0.4, 0.5) is 0 Å². The maximum Gasteiger partial charge on any atom is 0.338 e. The molecule has 1 aliphatic heterocycles. The van der Waals surface area contributed by atoms with Gasteiger partial charge in [-0.05, 0) is 66.1 Å². The number of hydrogen-bond acceptors (Lipinski definition) is 4. The number of aryl methyl sites for hydroxylation is 3. The largest absolute Gasteiger partial charge is 0.457 e. The molecule has 0 amide bonds. The summed E-state index contributed by atoms with van der Waals surface area (Å²) in [4.78, 5) is 29.9. The lowest BCUT2D eigenvalue weighted by Gasteiger charge is -2.22. The van der Waals surface area contributed by atoms with E-state index in [1.807, 2.05) is 0 Å². The lowest BCUT2D eigenvalue weighted by Crippen LogP contribution is -2.21. The number of hydrogen-bond donors (Lipinski definition) is 0. The summed E-state index contributed by atoms with van der Waals surface area (Å²) in [5, 5.41) is 0.543. The number of aromatic nitrogens is 2. The summed E-state index contributed by atoms with van der Waals surface area (Å²) in [5.74, 6) is 0.390. The highest BCUT2D eigenvalue weighted by Gasteiger charge is 2.19. The van der Waals surface area contributed by atoms with Crippen molar-refractivity contribution in [2.45, 2.75) is 66.0 Å². The lowest BCUT2D eigenvalue weighted by atomic mass is 9.84. The topological polar surface area (TPSA) is 61.2 Å². The Morgan fingerprint density at radius 2 is 1.83 bits per heavy atom. The third-order valence-electron chi connectivity index (χ3n) is 5.96. The van der Waals surface area contributed by atoms with E-state index in [4.69, 9.17) is 4.74 Å². The van der Waals surface area contributed by atoms with Gasteiger partial charge in [0.15, 0.2) is 0 Å². The fraction of sp³-hybridized carbons (Fsp3) is 0.400. The van der Waals surface area contributed by atoms with E-state index in [1.54, 1.807) is 22.8 Å². The third-order valence-corrected chi connectivity index (χ3v) is 5.96. The van der Waals surface area contributed by atoms with E-state index < -0.39 is 5.97 Å².